The third-order valence-corrected chi connectivity index (χ3v) is 2.12. The first-order valence-corrected chi connectivity index (χ1v) is 5.00. The van der Waals surface area contributed by atoms with Crippen LogP contribution in [0.2, 0.25) is 0 Å². The normalized spacial score (nSPS) is 10.0. The molecule has 2 aromatic rings. The number of aromatic nitrogens is 2. The summed E-state index contributed by atoms with van der Waals surface area (Å²) >= 11 is 0. The van der Waals surface area contributed by atoms with Gasteiger partial charge in [0.15, 0.2) is 0 Å². The molecule has 0 unspecified atom stereocenters. The summed E-state index contributed by atoms with van der Waals surface area (Å²) in [7, 11) is 0. The maximum absolute atomic E-state index is 12.6. The lowest BCUT2D eigenvalue weighted by molar-refractivity contribution is 0.102. The number of nitrogens with one attached hydrogen (secondary N) is 1. The summed E-state index contributed by atoms with van der Waals surface area (Å²) in [6.07, 6.45) is 4.39. The van der Waals surface area contributed by atoms with Gasteiger partial charge in [-0.05, 0) is 30.7 Å². The van der Waals surface area contributed by atoms with E-state index in [9.17, 15) is 9.18 Å². The molecule has 0 saturated carbocycles. The van der Waals surface area contributed by atoms with Gasteiger partial charge in [0, 0.05) is 12.4 Å². The SMILES string of the molecule is Cc1cncc(C(=O)Nc2ccc(F)nc2)c1. The summed E-state index contributed by atoms with van der Waals surface area (Å²) in [5.41, 5.74) is 1.79. The number of halogens is 1. The van der Waals surface area contributed by atoms with Crippen molar-refractivity contribution in [2.24, 2.45) is 0 Å². The number of anilines is 1. The van der Waals surface area contributed by atoms with Gasteiger partial charge in [0.25, 0.3) is 5.91 Å². The molecule has 0 fully saturated rings. The Hall–Kier alpha value is -2.30. The topological polar surface area (TPSA) is 54.9 Å². The van der Waals surface area contributed by atoms with Crippen LogP contribution >= 0.6 is 0 Å². The first kappa shape index (κ1) is 11.2. The fraction of sp³-hybridized carbons (Fsp3) is 0.0833. The molecule has 1 amide bonds. The third kappa shape index (κ3) is 2.84. The standard InChI is InChI=1S/C12H10FN3O/c1-8-4-9(6-14-5-8)12(17)16-10-2-3-11(13)15-7-10/h2-7H,1H3,(H,16,17). The van der Waals surface area contributed by atoms with Crippen LogP contribution in [0.4, 0.5) is 10.1 Å². The van der Waals surface area contributed by atoms with Crippen molar-refractivity contribution in [3.8, 4) is 0 Å². The Labute approximate surface area is 97.5 Å². The quantitative estimate of drug-likeness (QED) is 0.806. The lowest BCUT2D eigenvalue weighted by atomic mass is 10.2. The van der Waals surface area contributed by atoms with Crippen molar-refractivity contribution in [3.05, 3.63) is 53.9 Å². The average Bonchev–Trinajstić information content (AvgIpc) is 2.32. The molecule has 1 N–H and O–H groups in total. The fourth-order valence-electron chi connectivity index (χ4n) is 1.33. The molecule has 0 aliphatic carbocycles. The van der Waals surface area contributed by atoms with Crippen molar-refractivity contribution < 1.29 is 9.18 Å². The van der Waals surface area contributed by atoms with E-state index in [4.69, 9.17) is 0 Å². The Morgan fingerprint density at radius 3 is 2.76 bits per heavy atom. The van der Waals surface area contributed by atoms with E-state index >= 15 is 0 Å². The molecule has 86 valence electrons. The van der Waals surface area contributed by atoms with E-state index in [1.165, 1.54) is 24.5 Å². The van der Waals surface area contributed by atoms with Crippen molar-refractivity contribution in [2.45, 2.75) is 6.92 Å². The highest BCUT2D eigenvalue weighted by atomic mass is 19.1. The highest BCUT2D eigenvalue weighted by molar-refractivity contribution is 6.04. The number of pyridine rings is 2. The summed E-state index contributed by atoms with van der Waals surface area (Å²) in [6.45, 7) is 1.85. The number of hydrogen-bond acceptors (Lipinski definition) is 3. The van der Waals surface area contributed by atoms with Gasteiger partial charge in [-0.25, -0.2) is 4.98 Å². The second-order valence-corrected chi connectivity index (χ2v) is 3.57. The molecule has 0 radical (unpaired) electrons. The average molecular weight is 231 g/mol. The maximum Gasteiger partial charge on any atom is 0.257 e. The lowest BCUT2D eigenvalue weighted by Gasteiger charge is -2.04. The Morgan fingerprint density at radius 1 is 1.29 bits per heavy atom. The van der Waals surface area contributed by atoms with E-state index in [-0.39, 0.29) is 5.91 Å². The molecule has 0 atom stereocenters. The van der Waals surface area contributed by atoms with Crippen LogP contribution in [0.1, 0.15) is 15.9 Å². The number of carbonyl (C=O) groups is 1. The molecule has 5 heteroatoms. The molecule has 0 aromatic carbocycles. The number of aryl methyl sites for hydroxylation is 1. The number of carbonyl (C=O) groups excluding carboxylic acids is 1. The van der Waals surface area contributed by atoms with E-state index in [0.717, 1.165) is 5.56 Å². The molecule has 2 rings (SSSR count). The largest absolute Gasteiger partial charge is 0.321 e. The second-order valence-electron chi connectivity index (χ2n) is 3.57. The lowest BCUT2D eigenvalue weighted by Crippen LogP contribution is -2.12. The third-order valence-electron chi connectivity index (χ3n) is 2.12. The highest BCUT2D eigenvalue weighted by Crippen LogP contribution is 2.08. The summed E-state index contributed by atoms with van der Waals surface area (Å²) in [4.78, 5) is 19.1. The smallest absolute Gasteiger partial charge is 0.257 e. The number of nitrogens with zero attached hydrogens (tertiary/aromatic N) is 2. The Kier molecular flexibility index (Phi) is 3.09. The molecular weight excluding hydrogens is 221 g/mol. The Bertz CT molecular complexity index is 540. The monoisotopic (exact) mass is 231 g/mol. The minimum Gasteiger partial charge on any atom is -0.321 e. The first-order valence-electron chi connectivity index (χ1n) is 5.00. The van der Waals surface area contributed by atoms with Crippen LogP contribution in [0, 0.1) is 12.9 Å². The van der Waals surface area contributed by atoms with Crippen molar-refractivity contribution in [3.63, 3.8) is 0 Å². The summed E-state index contributed by atoms with van der Waals surface area (Å²) in [5.74, 6) is -0.880. The van der Waals surface area contributed by atoms with E-state index < -0.39 is 5.95 Å². The molecule has 2 heterocycles. The second kappa shape index (κ2) is 4.69. The molecule has 0 bridgehead atoms. The molecule has 0 saturated heterocycles. The highest BCUT2D eigenvalue weighted by Gasteiger charge is 2.06. The van der Waals surface area contributed by atoms with Gasteiger partial charge in [-0.15, -0.1) is 0 Å². The van der Waals surface area contributed by atoms with Crippen molar-refractivity contribution in [2.75, 3.05) is 5.32 Å². The van der Waals surface area contributed by atoms with E-state index in [2.05, 4.69) is 15.3 Å². The number of amides is 1. The van der Waals surface area contributed by atoms with E-state index in [1.807, 2.05) is 6.92 Å². The zero-order valence-electron chi connectivity index (χ0n) is 9.14. The van der Waals surface area contributed by atoms with Gasteiger partial charge < -0.3 is 5.32 Å². The molecule has 0 spiro atoms. The molecule has 17 heavy (non-hydrogen) atoms. The first-order chi connectivity index (χ1) is 8.15. The molecular formula is C12H10FN3O. The minimum absolute atomic E-state index is 0.297. The van der Waals surface area contributed by atoms with Crippen LogP contribution in [0.15, 0.2) is 36.8 Å². The van der Waals surface area contributed by atoms with E-state index in [0.29, 0.717) is 11.3 Å². The van der Waals surface area contributed by atoms with Crippen molar-refractivity contribution in [1.29, 1.82) is 0 Å². The zero-order chi connectivity index (χ0) is 12.3. The van der Waals surface area contributed by atoms with Gasteiger partial charge in [-0.1, -0.05) is 0 Å². The van der Waals surface area contributed by atoms with Crippen LogP contribution in [0.5, 0.6) is 0 Å². The predicted molar refractivity (Wildman–Crippen MR) is 61.1 cm³/mol. The van der Waals surface area contributed by atoms with Gasteiger partial charge in [0.2, 0.25) is 5.95 Å². The summed E-state index contributed by atoms with van der Waals surface area (Å²) < 4.78 is 12.6. The Morgan fingerprint density at radius 2 is 2.12 bits per heavy atom. The van der Waals surface area contributed by atoms with Gasteiger partial charge in [0.1, 0.15) is 0 Å². The molecule has 0 aliphatic heterocycles. The summed E-state index contributed by atoms with van der Waals surface area (Å²) in [5, 5.41) is 2.60. The molecule has 2 aromatic heterocycles. The Balaban J connectivity index is 2.14. The van der Waals surface area contributed by atoms with Crippen LogP contribution in [0.25, 0.3) is 0 Å². The van der Waals surface area contributed by atoms with Crippen molar-refractivity contribution in [1.82, 2.24) is 9.97 Å². The molecule has 4 nitrogen and oxygen atoms in total. The number of rotatable bonds is 2. The van der Waals surface area contributed by atoms with Crippen molar-refractivity contribution >= 4 is 11.6 Å². The van der Waals surface area contributed by atoms with Crippen LogP contribution in [-0.2, 0) is 0 Å². The van der Waals surface area contributed by atoms with Gasteiger partial charge in [-0.3, -0.25) is 9.78 Å². The number of hydrogen-bond donors (Lipinski definition) is 1. The molecule has 0 aliphatic rings. The van der Waals surface area contributed by atoms with Gasteiger partial charge in [-0.2, -0.15) is 4.39 Å². The minimum atomic E-state index is -0.583. The predicted octanol–water partition coefficient (Wildman–Crippen LogP) is 2.18. The van der Waals surface area contributed by atoms with E-state index in [1.54, 1.807) is 12.3 Å². The van der Waals surface area contributed by atoms with Crippen LogP contribution < -0.4 is 5.32 Å². The van der Waals surface area contributed by atoms with Crippen LogP contribution in [-0.4, -0.2) is 15.9 Å². The summed E-state index contributed by atoms with van der Waals surface area (Å²) in [6, 6.07) is 4.35. The van der Waals surface area contributed by atoms with Gasteiger partial charge >= 0.3 is 0 Å². The van der Waals surface area contributed by atoms with Crippen LogP contribution in [0.3, 0.4) is 0 Å². The fourth-order valence-corrected chi connectivity index (χ4v) is 1.33. The maximum atomic E-state index is 12.6. The van der Waals surface area contributed by atoms with Gasteiger partial charge in [0.05, 0.1) is 17.4 Å². The zero-order valence-corrected chi connectivity index (χ0v) is 9.14.